The lowest BCUT2D eigenvalue weighted by atomic mass is 10.2. The fourth-order valence-electron chi connectivity index (χ4n) is 3.56. The fourth-order valence-corrected chi connectivity index (χ4v) is 3.56. The van der Waals surface area contributed by atoms with Crippen LogP contribution in [-0.4, -0.2) is 63.6 Å². The van der Waals surface area contributed by atoms with Gasteiger partial charge in [-0.05, 0) is 18.2 Å². The molecule has 0 atom stereocenters. The Bertz CT molecular complexity index is 1150. The van der Waals surface area contributed by atoms with E-state index in [4.69, 9.17) is 0 Å². The Balaban J connectivity index is 1.41. The highest BCUT2D eigenvalue weighted by Crippen LogP contribution is 2.17. The predicted molar refractivity (Wildman–Crippen MR) is 109 cm³/mol. The van der Waals surface area contributed by atoms with Crippen molar-refractivity contribution >= 4 is 22.6 Å². The van der Waals surface area contributed by atoms with Crippen molar-refractivity contribution in [3.63, 3.8) is 0 Å². The van der Waals surface area contributed by atoms with Gasteiger partial charge in [-0.1, -0.05) is 0 Å². The predicted octanol–water partition coefficient (Wildman–Crippen LogP) is -0.368. The minimum Gasteiger partial charge on any atom is -0.368 e. The number of carbonyl (C=O) groups excluding carboxylic acids is 1. The Morgan fingerprint density at radius 2 is 1.93 bits per heavy atom. The van der Waals surface area contributed by atoms with Crippen LogP contribution >= 0.6 is 0 Å². The molecule has 0 unspecified atom stereocenters. The highest BCUT2D eigenvalue weighted by Gasteiger charge is 2.19. The van der Waals surface area contributed by atoms with E-state index in [0.717, 1.165) is 42.1 Å². The standard InChI is InChI=1S/C19H23N7O3/c1-20-17(27)14-4-3-13(10-21-14)26-7-5-25(6-8-26)11-12-9-15-16(22-12)18(28)24(2)19(29)23-15/h3-4,9-10,22H,5-8,11H2,1-2H3,(H,20,27)(H,23,29). The van der Waals surface area contributed by atoms with Crippen LogP contribution in [0.15, 0.2) is 34.0 Å². The maximum absolute atomic E-state index is 12.2. The van der Waals surface area contributed by atoms with E-state index in [0.29, 0.717) is 23.3 Å². The molecule has 10 heteroatoms. The minimum absolute atomic E-state index is 0.198. The van der Waals surface area contributed by atoms with Crippen LogP contribution in [0.1, 0.15) is 16.2 Å². The largest absolute Gasteiger partial charge is 0.368 e. The zero-order valence-electron chi connectivity index (χ0n) is 16.4. The third-order valence-corrected chi connectivity index (χ3v) is 5.28. The van der Waals surface area contributed by atoms with Crippen LogP contribution in [0.2, 0.25) is 0 Å². The summed E-state index contributed by atoms with van der Waals surface area (Å²) in [6, 6.07) is 5.47. The number of aromatic amines is 2. The van der Waals surface area contributed by atoms with Crippen molar-refractivity contribution in [1.29, 1.82) is 0 Å². The lowest BCUT2D eigenvalue weighted by Crippen LogP contribution is -2.46. The smallest absolute Gasteiger partial charge is 0.328 e. The first-order chi connectivity index (χ1) is 14.0. The van der Waals surface area contributed by atoms with Crippen LogP contribution in [0.4, 0.5) is 5.69 Å². The second-order valence-electron chi connectivity index (χ2n) is 7.12. The molecule has 3 aromatic heterocycles. The van der Waals surface area contributed by atoms with Crippen molar-refractivity contribution < 1.29 is 4.79 Å². The van der Waals surface area contributed by atoms with Gasteiger partial charge in [-0.15, -0.1) is 0 Å². The van der Waals surface area contributed by atoms with Crippen molar-refractivity contribution in [3.05, 3.63) is 56.6 Å². The van der Waals surface area contributed by atoms with Gasteiger partial charge in [-0.2, -0.15) is 0 Å². The molecule has 0 aliphatic carbocycles. The molecule has 0 saturated carbocycles. The van der Waals surface area contributed by atoms with Crippen LogP contribution in [-0.2, 0) is 13.6 Å². The number of anilines is 1. The van der Waals surface area contributed by atoms with E-state index in [1.54, 1.807) is 19.3 Å². The van der Waals surface area contributed by atoms with Gasteiger partial charge in [-0.25, -0.2) is 9.78 Å². The monoisotopic (exact) mass is 397 g/mol. The Kier molecular flexibility index (Phi) is 4.93. The quantitative estimate of drug-likeness (QED) is 0.553. The second kappa shape index (κ2) is 7.55. The highest BCUT2D eigenvalue weighted by molar-refractivity contribution is 5.92. The molecule has 1 aliphatic heterocycles. The van der Waals surface area contributed by atoms with Crippen molar-refractivity contribution in [2.24, 2.45) is 7.05 Å². The Labute approximate surface area is 166 Å². The molecule has 0 radical (unpaired) electrons. The second-order valence-corrected chi connectivity index (χ2v) is 7.12. The number of piperazine rings is 1. The van der Waals surface area contributed by atoms with E-state index in [2.05, 4.69) is 30.1 Å². The van der Waals surface area contributed by atoms with Crippen molar-refractivity contribution in [2.75, 3.05) is 38.1 Å². The summed E-state index contributed by atoms with van der Waals surface area (Å²) in [6.45, 7) is 4.03. The summed E-state index contributed by atoms with van der Waals surface area (Å²) < 4.78 is 1.06. The van der Waals surface area contributed by atoms with Crippen LogP contribution in [0.5, 0.6) is 0 Å². The maximum Gasteiger partial charge on any atom is 0.328 e. The van der Waals surface area contributed by atoms with Gasteiger partial charge < -0.3 is 20.2 Å². The molecule has 0 spiro atoms. The molecule has 0 aromatic carbocycles. The van der Waals surface area contributed by atoms with E-state index in [9.17, 15) is 14.4 Å². The number of rotatable bonds is 4. The average molecular weight is 397 g/mol. The molecule has 0 bridgehead atoms. The van der Waals surface area contributed by atoms with E-state index < -0.39 is 5.69 Å². The van der Waals surface area contributed by atoms with E-state index in [1.165, 1.54) is 7.05 Å². The third kappa shape index (κ3) is 3.66. The zero-order chi connectivity index (χ0) is 20.5. The summed E-state index contributed by atoms with van der Waals surface area (Å²) in [5.41, 5.74) is 2.49. The molecule has 3 N–H and O–H groups in total. The number of amides is 1. The summed E-state index contributed by atoms with van der Waals surface area (Å²) in [4.78, 5) is 50.2. The van der Waals surface area contributed by atoms with Crippen LogP contribution in [0, 0.1) is 0 Å². The van der Waals surface area contributed by atoms with E-state index in [1.807, 2.05) is 12.1 Å². The first-order valence-corrected chi connectivity index (χ1v) is 9.42. The first kappa shape index (κ1) is 18.9. The molecule has 1 saturated heterocycles. The highest BCUT2D eigenvalue weighted by atomic mass is 16.2. The number of H-pyrrole nitrogens is 2. The zero-order valence-corrected chi connectivity index (χ0v) is 16.4. The normalized spacial score (nSPS) is 15.0. The molecule has 4 rings (SSSR count). The topological polar surface area (TPSA) is 119 Å². The van der Waals surface area contributed by atoms with Gasteiger partial charge in [0.25, 0.3) is 11.5 Å². The summed E-state index contributed by atoms with van der Waals surface area (Å²) in [5.74, 6) is -0.198. The molecule has 29 heavy (non-hydrogen) atoms. The third-order valence-electron chi connectivity index (χ3n) is 5.28. The van der Waals surface area contributed by atoms with Crippen molar-refractivity contribution in [2.45, 2.75) is 6.54 Å². The molecule has 3 aromatic rings. The van der Waals surface area contributed by atoms with Crippen LogP contribution in [0.25, 0.3) is 11.0 Å². The van der Waals surface area contributed by atoms with E-state index in [-0.39, 0.29) is 11.5 Å². The number of aromatic nitrogens is 4. The average Bonchev–Trinajstić information content (AvgIpc) is 3.14. The number of hydrogen-bond donors (Lipinski definition) is 3. The molecule has 10 nitrogen and oxygen atoms in total. The maximum atomic E-state index is 12.2. The van der Waals surface area contributed by atoms with Gasteiger partial charge in [-0.3, -0.25) is 19.1 Å². The number of hydrogen-bond acceptors (Lipinski definition) is 6. The van der Waals surface area contributed by atoms with Gasteiger partial charge in [0.2, 0.25) is 0 Å². The Hall–Kier alpha value is -3.40. The molecule has 1 amide bonds. The first-order valence-electron chi connectivity index (χ1n) is 9.42. The van der Waals surface area contributed by atoms with E-state index >= 15 is 0 Å². The summed E-state index contributed by atoms with van der Waals surface area (Å²) >= 11 is 0. The molecule has 1 fully saturated rings. The Morgan fingerprint density at radius 3 is 2.59 bits per heavy atom. The van der Waals surface area contributed by atoms with Crippen LogP contribution in [0.3, 0.4) is 0 Å². The lowest BCUT2D eigenvalue weighted by molar-refractivity contribution is 0.0958. The molecular weight excluding hydrogens is 374 g/mol. The SMILES string of the molecule is CNC(=O)c1ccc(N2CCN(Cc3cc4[nH]c(=O)n(C)c(=O)c4[nH]3)CC2)cn1. The molecule has 152 valence electrons. The number of fused-ring (bicyclic) bond motifs is 1. The number of pyridine rings is 1. The van der Waals surface area contributed by atoms with Crippen LogP contribution < -0.4 is 21.5 Å². The van der Waals surface area contributed by atoms with Gasteiger partial charge in [0.1, 0.15) is 11.2 Å². The molecule has 4 heterocycles. The fraction of sp³-hybridized carbons (Fsp3) is 0.368. The van der Waals surface area contributed by atoms with Crippen molar-refractivity contribution in [1.82, 2.24) is 29.7 Å². The van der Waals surface area contributed by atoms with Gasteiger partial charge in [0.15, 0.2) is 0 Å². The number of carbonyl (C=O) groups is 1. The lowest BCUT2D eigenvalue weighted by Gasteiger charge is -2.35. The minimum atomic E-state index is -0.419. The summed E-state index contributed by atoms with van der Waals surface area (Å²) in [5, 5.41) is 2.56. The molecule has 1 aliphatic rings. The molecular formula is C19H23N7O3. The summed E-state index contributed by atoms with van der Waals surface area (Å²) in [7, 11) is 3.04. The van der Waals surface area contributed by atoms with Gasteiger partial charge in [0.05, 0.1) is 17.4 Å². The number of nitrogens with one attached hydrogen (secondary N) is 3. The van der Waals surface area contributed by atoms with Crippen molar-refractivity contribution in [3.8, 4) is 0 Å². The van der Waals surface area contributed by atoms with Gasteiger partial charge in [0, 0.05) is 52.5 Å². The van der Waals surface area contributed by atoms with Gasteiger partial charge >= 0.3 is 5.69 Å². The Morgan fingerprint density at radius 1 is 1.17 bits per heavy atom. The number of nitrogens with zero attached hydrogens (tertiary/aromatic N) is 4. The summed E-state index contributed by atoms with van der Waals surface area (Å²) in [6.07, 6.45) is 1.73.